The van der Waals surface area contributed by atoms with Crippen molar-refractivity contribution in [2.45, 2.75) is 6.18 Å². The van der Waals surface area contributed by atoms with E-state index in [1.807, 2.05) is 0 Å². The minimum absolute atomic E-state index is 0.0343. The number of Topliss-reactive ketones (excluding diaryl/α,β-unsaturated/α-hetero) is 1. The van der Waals surface area contributed by atoms with Crippen molar-refractivity contribution in [2.24, 2.45) is 0 Å². The summed E-state index contributed by atoms with van der Waals surface area (Å²) in [7, 11) is 0. The lowest BCUT2D eigenvalue weighted by Crippen LogP contribution is -2.33. The average Bonchev–Trinajstić information content (AvgIpc) is 2.89. The van der Waals surface area contributed by atoms with Gasteiger partial charge in [0.05, 0.1) is 17.0 Å². The van der Waals surface area contributed by atoms with Gasteiger partial charge in [0, 0.05) is 10.0 Å². The minimum atomic E-state index is -4.51. The van der Waals surface area contributed by atoms with Crippen molar-refractivity contribution >= 4 is 50.7 Å². The number of thioether (sulfide) groups is 1. The number of hydrogen-bond donors (Lipinski definition) is 0. The lowest BCUT2D eigenvalue weighted by Gasteiger charge is -2.11. The molecule has 0 unspecified atom stereocenters. The molecule has 4 nitrogen and oxygen atoms in total. The van der Waals surface area contributed by atoms with Crippen molar-refractivity contribution in [1.82, 2.24) is 4.90 Å². The van der Waals surface area contributed by atoms with Crippen LogP contribution in [0.25, 0.3) is 6.08 Å². The first-order chi connectivity index (χ1) is 13.1. The number of hydrogen-bond acceptors (Lipinski definition) is 4. The van der Waals surface area contributed by atoms with Gasteiger partial charge in [0.2, 0.25) is 0 Å². The summed E-state index contributed by atoms with van der Waals surface area (Å²) >= 11 is 3.83. The Bertz CT molecular complexity index is 987. The van der Waals surface area contributed by atoms with E-state index in [1.54, 1.807) is 24.3 Å². The molecule has 1 heterocycles. The molecule has 1 saturated heterocycles. The Morgan fingerprint density at radius 2 is 1.79 bits per heavy atom. The van der Waals surface area contributed by atoms with Crippen LogP contribution in [-0.4, -0.2) is 28.4 Å². The summed E-state index contributed by atoms with van der Waals surface area (Å²) in [6.45, 7) is -0.438. The Labute approximate surface area is 170 Å². The van der Waals surface area contributed by atoms with Crippen LogP contribution in [0.2, 0.25) is 0 Å². The lowest BCUT2D eigenvalue weighted by molar-refractivity contribution is -0.137. The van der Waals surface area contributed by atoms with Crippen LogP contribution in [0.15, 0.2) is 57.9 Å². The largest absolute Gasteiger partial charge is 0.416 e. The highest BCUT2D eigenvalue weighted by Crippen LogP contribution is 2.34. The maximum atomic E-state index is 12.8. The van der Waals surface area contributed by atoms with Crippen molar-refractivity contribution in [3.8, 4) is 0 Å². The normalized spacial score (nSPS) is 16.1. The fraction of sp³-hybridized carbons (Fsp3) is 0.105. The first-order valence-electron chi connectivity index (χ1n) is 7.86. The van der Waals surface area contributed by atoms with Crippen LogP contribution in [0.5, 0.6) is 0 Å². The van der Waals surface area contributed by atoms with Gasteiger partial charge in [-0.2, -0.15) is 13.2 Å². The second kappa shape index (κ2) is 7.92. The number of amides is 2. The van der Waals surface area contributed by atoms with Crippen molar-refractivity contribution in [3.05, 3.63) is 74.6 Å². The first-order valence-corrected chi connectivity index (χ1v) is 9.47. The molecule has 1 fully saturated rings. The van der Waals surface area contributed by atoms with Crippen LogP contribution in [0, 0.1) is 0 Å². The predicted molar refractivity (Wildman–Crippen MR) is 103 cm³/mol. The summed E-state index contributed by atoms with van der Waals surface area (Å²) in [5.41, 5.74) is -0.380. The predicted octanol–water partition coefficient (Wildman–Crippen LogP) is 5.39. The number of imide groups is 1. The van der Waals surface area contributed by atoms with Crippen LogP contribution in [0.3, 0.4) is 0 Å². The van der Waals surface area contributed by atoms with E-state index in [0.29, 0.717) is 17.3 Å². The fourth-order valence-corrected chi connectivity index (χ4v) is 3.57. The van der Waals surface area contributed by atoms with Crippen molar-refractivity contribution in [3.63, 3.8) is 0 Å². The number of benzene rings is 2. The minimum Gasteiger partial charge on any atom is -0.292 e. The molecule has 2 aromatic carbocycles. The molecule has 2 amide bonds. The third-order valence-corrected chi connectivity index (χ3v) is 5.29. The monoisotopic (exact) mass is 469 g/mol. The van der Waals surface area contributed by atoms with Gasteiger partial charge >= 0.3 is 6.18 Å². The average molecular weight is 470 g/mol. The summed E-state index contributed by atoms with van der Waals surface area (Å²) in [6, 6.07) is 10.9. The quantitative estimate of drug-likeness (QED) is 0.445. The molecule has 0 saturated carbocycles. The van der Waals surface area contributed by atoms with Crippen LogP contribution in [0.1, 0.15) is 21.5 Å². The molecule has 0 atom stereocenters. The van der Waals surface area contributed by atoms with Gasteiger partial charge in [0.1, 0.15) is 0 Å². The molecular formula is C19H11BrF3NO3S. The zero-order valence-corrected chi connectivity index (χ0v) is 16.4. The molecule has 9 heteroatoms. The third-order valence-electron chi connectivity index (χ3n) is 3.85. The molecule has 28 heavy (non-hydrogen) atoms. The summed E-state index contributed by atoms with van der Waals surface area (Å²) in [5, 5.41) is -0.645. The van der Waals surface area contributed by atoms with E-state index in [9.17, 15) is 27.6 Å². The SMILES string of the molecule is O=C(CN1C(=O)S/C(=C/c2cccc(C(F)(F)F)c2)C1=O)c1ccc(Br)cc1. The van der Waals surface area contributed by atoms with Crippen LogP contribution in [0.4, 0.5) is 18.0 Å². The molecule has 0 aliphatic carbocycles. The van der Waals surface area contributed by atoms with Gasteiger partial charge in [-0.1, -0.05) is 40.2 Å². The van der Waals surface area contributed by atoms with E-state index >= 15 is 0 Å². The Kier molecular flexibility index (Phi) is 5.76. The van der Waals surface area contributed by atoms with Gasteiger partial charge < -0.3 is 0 Å². The third kappa shape index (κ3) is 4.53. The molecule has 0 radical (unpaired) electrons. The van der Waals surface area contributed by atoms with Gasteiger partial charge in [-0.3, -0.25) is 19.3 Å². The van der Waals surface area contributed by atoms with E-state index < -0.39 is 35.2 Å². The number of rotatable bonds is 4. The highest BCUT2D eigenvalue weighted by atomic mass is 79.9. The molecule has 0 aromatic heterocycles. The molecule has 0 N–H and O–H groups in total. The van der Waals surface area contributed by atoms with Gasteiger partial charge in [-0.15, -0.1) is 0 Å². The van der Waals surface area contributed by atoms with E-state index in [-0.39, 0.29) is 10.5 Å². The molecule has 3 rings (SSSR count). The van der Waals surface area contributed by atoms with Crippen molar-refractivity contribution in [2.75, 3.05) is 6.54 Å². The topological polar surface area (TPSA) is 54.5 Å². The second-order valence-electron chi connectivity index (χ2n) is 5.82. The van der Waals surface area contributed by atoms with E-state index in [0.717, 1.165) is 21.5 Å². The van der Waals surface area contributed by atoms with Gasteiger partial charge in [-0.05, 0) is 47.7 Å². The Morgan fingerprint density at radius 1 is 1.11 bits per heavy atom. The molecule has 144 valence electrons. The Hall–Kier alpha value is -2.39. The summed E-state index contributed by atoms with van der Waals surface area (Å²) in [4.78, 5) is 37.6. The maximum absolute atomic E-state index is 12.8. The number of nitrogens with zero attached hydrogens (tertiary/aromatic N) is 1. The molecule has 2 aromatic rings. The van der Waals surface area contributed by atoms with E-state index in [1.165, 1.54) is 18.2 Å². The molecule has 1 aliphatic heterocycles. The summed E-state index contributed by atoms with van der Waals surface area (Å²) in [6.07, 6.45) is -3.30. The summed E-state index contributed by atoms with van der Waals surface area (Å²) < 4.78 is 39.2. The zero-order chi connectivity index (χ0) is 20.5. The molecule has 1 aliphatic rings. The zero-order valence-electron chi connectivity index (χ0n) is 14.0. The summed E-state index contributed by atoms with van der Waals surface area (Å²) in [5.74, 6) is -1.13. The molecule has 0 bridgehead atoms. The highest BCUT2D eigenvalue weighted by molar-refractivity contribution is 9.10. The van der Waals surface area contributed by atoms with Crippen LogP contribution >= 0.6 is 27.7 Å². The van der Waals surface area contributed by atoms with Crippen LogP contribution in [-0.2, 0) is 11.0 Å². The fourth-order valence-electron chi connectivity index (χ4n) is 2.46. The number of carbonyl (C=O) groups excluding carboxylic acids is 3. The van der Waals surface area contributed by atoms with Crippen molar-refractivity contribution in [1.29, 1.82) is 0 Å². The number of ketones is 1. The van der Waals surface area contributed by atoms with Crippen molar-refractivity contribution < 1.29 is 27.6 Å². The number of alkyl halides is 3. The number of carbonyl (C=O) groups is 3. The van der Waals surface area contributed by atoms with E-state index in [2.05, 4.69) is 15.9 Å². The standard InChI is InChI=1S/C19H11BrF3NO3S/c20-14-6-4-12(5-7-14)15(25)10-24-17(26)16(28-18(24)27)9-11-2-1-3-13(8-11)19(21,22)23/h1-9H,10H2/b16-9+. The molecular weight excluding hydrogens is 459 g/mol. The maximum Gasteiger partial charge on any atom is 0.416 e. The smallest absolute Gasteiger partial charge is 0.292 e. The first kappa shape index (κ1) is 20.3. The van der Waals surface area contributed by atoms with Gasteiger partial charge in [0.25, 0.3) is 11.1 Å². The Balaban J connectivity index is 1.79. The van der Waals surface area contributed by atoms with E-state index in [4.69, 9.17) is 0 Å². The van der Waals surface area contributed by atoms with Gasteiger partial charge in [0.15, 0.2) is 5.78 Å². The lowest BCUT2D eigenvalue weighted by atomic mass is 10.1. The van der Waals surface area contributed by atoms with Crippen LogP contribution < -0.4 is 0 Å². The second-order valence-corrected chi connectivity index (χ2v) is 7.73. The molecule has 0 spiro atoms. The number of halogens is 4. The van der Waals surface area contributed by atoms with Gasteiger partial charge in [-0.25, -0.2) is 0 Å². The highest BCUT2D eigenvalue weighted by Gasteiger charge is 2.36. The Morgan fingerprint density at radius 3 is 2.43 bits per heavy atom.